The lowest BCUT2D eigenvalue weighted by molar-refractivity contribution is 0.216. The van der Waals surface area contributed by atoms with Crippen molar-refractivity contribution in [1.29, 1.82) is 0 Å². The topological polar surface area (TPSA) is 71.1 Å². The highest BCUT2D eigenvalue weighted by atomic mass is 79.9. The molecule has 0 saturated heterocycles. The smallest absolute Gasteiger partial charge is 0.307 e. The van der Waals surface area contributed by atoms with Crippen molar-refractivity contribution < 1.29 is 27.2 Å². The number of hydrogen-bond acceptors (Lipinski definition) is 6. The summed E-state index contributed by atoms with van der Waals surface area (Å²) in [6.07, 6.45) is 0. The summed E-state index contributed by atoms with van der Waals surface area (Å²) in [5.74, 6) is 0. The Morgan fingerprint density at radius 3 is 1.25 bits per heavy atom. The molecular weight excluding hydrogens is 670 g/mol. The molecule has 1 aromatic carbocycles. The van der Waals surface area contributed by atoms with Gasteiger partial charge in [0, 0.05) is 0 Å². The van der Waals surface area contributed by atoms with Crippen molar-refractivity contribution in [3.8, 4) is 0 Å². The molecule has 0 aromatic heterocycles. The lowest BCUT2D eigenvalue weighted by atomic mass is 10.2. The van der Waals surface area contributed by atoms with Crippen LogP contribution in [0, 0.1) is 0 Å². The van der Waals surface area contributed by atoms with Crippen molar-refractivity contribution in [2.75, 3.05) is 26.4 Å². The quantitative estimate of drug-likeness (QED) is 0.163. The molecule has 0 unspecified atom stereocenters. The second-order valence-corrected chi connectivity index (χ2v) is 19.0. The highest BCUT2D eigenvalue weighted by Gasteiger charge is 2.52. The van der Waals surface area contributed by atoms with Gasteiger partial charge in [0.25, 0.3) is 0 Å². The molecule has 0 N–H and O–H groups in total. The fourth-order valence-electron chi connectivity index (χ4n) is 2.29. The van der Waals surface area contributed by atoms with Crippen LogP contribution in [0.4, 0.5) is 0 Å². The third kappa shape index (κ3) is 5.81. The zero-order valence-corrected chi connectivity index (χ0v) is 24.1. The molecule has 0 saturated carbocycles. The zero-order valence-electron chi connectivity index (χ0n) is 16.0. The summed E-state index contributed by atoms with van der Waals surface area (Å²) < 4.78 is 46.0. The lowest BCUT2D eigenvalue weighted by Gasteiger charge is -2.32. The number of alkyl halides is 4. The van der Waals surface area contributed by atoms with Crippen molar-refractivity contribution in [3.63, 3.8) is 0 Å². The Labute approximate surface area is 200 Å². The molecule has 0 spiro atoms. The van der Waals surface area contributed by atoms with Crippen molar-refractivity contribution in [2.45, 2.75) is 33.6 Å². The molecule has 0 atom stereocenters. The number of rotatable bonds is 12. The van der Waals surface area contributed by atoms with Crippen LogP contribution in [-0.2, 0) is 33.2 Å². The van der Waals surface area contributed by atoms with Gasteiger partial charge in [-0.25, -0.2) is 0 Å². The molecule has 0 aliphatic heterocycles. The first-order chi connectivity index (χ1) is 13.0. The lowest BCUT2D eigenvalue weighted by Crippen LogP contribution is -2.18. The molecule has 0 bridgehead atoms. The van der Waals surface area contributed by atoms with E-state index in [1.165, 1.54) is 0 Å². The molecule has 0 radical (unpaired) electrons. The maximum absolute atomic E-state index is 13.3. The average molecular weight is 694 g/mol. The third-order valence-electron chi connectivity index (χ3n) is 3.44. The number of hydrogen-bond donors (Lipinski definition) is 0. The van der Waals surface area contributed by atoms with Crippen LogP contribution in [0.2, 0.25) is 0 Å². The minimum atomic E-state index is -3.61. The van der Waals surface area contributed by atoms with E-state index < -0.39 is 21.1 Å². The highest BCUT2D eigenvalue weighted by Crippen LogP contribution is 2.74. The second kappa shape index (κ2) is 11.3. The molecule has 6 nitrogen and oxygen atoms in total. The molecule has 12 heteroatoms. The molecule has 0 amide bonds. The molecule has 28 heavy (non-hydrogen) atoms. The van der Waals surface area contributed by atoms with E-state index >= 15 is 0 Å². The Kier molecular flexibility index (Phi) is 11.1. The van der Waals surface area contributed by atoms with E-state index in [4.69, 9.17) is 18.1 Å². The summed E-state index contributed by atoms with van der Waals surface area (Å²) >= 11 is 13.9. The van der Waals surface area contributed by atoms with E-state index in [-0.39, 0.29) is 26.4 Å². The Morgan fingerprint density at radius 2 is 1.00 bits per heavy atom. The Balaban J connectivity index is 3.48. The van der Waals surface area contributed by atoms with E-state index in [1.54, 1.807) is 52.0 Å². The van der Waals surface area contributed by atoms with Crippen molar-refractivity contribution in [2.24, 2.45) is 0 Å². The van der Waals surface area contributed by atoms with Gasteiger partial charge < -0.3 is 18.1 Å². The molecule has 0 heterocycles. The van der Waals surface area contributed by atoms with Gasteiger partial charge in [0.2, 0.25) is 5.95 Å². The normalized spacial score (nSPS) is 13.7. The largest absolute Gasteiger partial charge is 0.362 e. The van der Waals surface area contributed by atoms with Gasteiger partial charge in [0.1, 0.15) is 0 Å². The van der Waals surface area contributed by atoms with Crippen LogP contribution in [0.3, 0.4) is 0 Å². The second-order valence-electron chi connectivity index (χ2n) is 5.33. The summed E-state index contributed by atoms with van der Waals surface area (Å²) in [5.41, 5.74) is 1.11. The minimum Gasteiger partial charge on any atom is -0.307 e. The third-order valence-corrected chi connectivity index (χ3v) is 14.8. The van der Waals surface area contributed by atoms with Gasteiger partial charge in [-0.3, -0.25) is 9.13 Å². The summed E-state index contributed by atoms with van der Waals surface area (Å²) in [5, 5.41) is 0. The molecule has 0 aliphatic rings. The first-order valence-corrected chi connectivity index (χ1v) is 14.9. The number of benzene rings is 1. The first kappa shape index (κ1) is 27.5. The van der Waals surface area contributed by atoms with Gasteiger partial charge in [-0.15, -0.1) is 0 Å². The Hall–Kier alpha value is 1.44. The fourth-order valence-corrected chi connectivity index (χ4v) is 8.80. The molecule has 0 aliphatic carbocycles. The Morgan fingerprint density at radius 1 is 0.714 bits per heavy atom. The molecule has 1 aromatic rings. The van der Waals surface area contributed by atoms with Gasteiger partial charge in [-0.1, -0.05) is 81.9 Å². The number of halogens is 4. The van der Waals surface area contributed by atoms with E-state index in [9.17, 15) is 9.13 Å². The molecule has 0 fully saturated rings. The van der Waals surface area contributed by atoms with E-state index in [0.29, 0.717) is 11.1 Å². The van der Waals surface area contributed by atoms with Gasteiger partial charge in [0.15, 0.2) is 0 Å². The van der Waals surface area contributed by atoms with Crippen LogP contribution in [0.5, 0.6) is 0 Å². The summed E-state index contributed by atoms with van der Waals surface area (Å²) in [6.45, 7) is 7.78. The van der Waals surface area contributed by atoms with Crippen LogP contribution < -0.4 is 0 Å². The van der Waals surface area contributed by atoms with Crippen LogP contribution in [0.1, 0.15) is 38.8 Å². The van der Waals surface area contributed by atoms with Crippen LogP contribution in [0.15, 0.2) is 24.3 Å². The van der Waals surface area contributed by atoms with Gasteiger partial charge in [-0.2, -0.15) is 0 Å². The zero-order chi connectivity index (χ0) is 21.6. The predicted molar refractivity (Wildman–Crippen MR) is 127 cm³/mol. The van der Waals surface area contributed by atoms with Crippen LogP contribution >= 0.6 is 78.9 Å². The van der Waals surface area contributed by atoms with Crippen molar-refractivity contribution >= 4 is 78.9 Å². The van der Waals surface area contributed by atoms with E-state index in [2.05, 4.69) is 63.7 Å². The standard InChI is InChI=1S/C16H24Br4O6P2/c1-5-23-27(21,24-6-2)15(17,18)13-10-9-11-14(12-13)16(19,20)28(22,25-7-3)26-8-4/h9-12H,5-8H2,1-4H3. The van der Waals surface area contributed by atoms with Gasteiger partial charge >= 0.3 is 15.2 Å². The minimum absolute atomic E-state index is 0.209. The monoisotopic (exact) mass is 690 g/mol. The maximum Gasteiger partial charge on any atom is 0.362 e. The predicted octanol–water partition coefficient (Wildman–Crippen LogP) is 8.02. The van der Waals surface area contributed by atoms with Crippen molar-refractivity contribution in [1.82, 2.24) is 0 Å². The highest BCUT2D eigenvalue weighted by molar-refractivity contribution is 9.26. The molecular formula is C16H24Br4O6P2. The van der Waals surface area contributed by atoms with Crippen LogP contribution in [-0.4, -0.2) is 26.4 Å². The summed E-state index contributed by atoms with van der Waals surface area (Å²) in [4.78, 5) is 0. The summed E-state index contributed by atoms with van der Waals surface area (Å²) in [6, 6.07) is 6.95. The maximum atomic E-state index is 13.3. The van der Waals surface area contributed by atoms with Crippen molar-refractivity contribution in [3.05, 3.63) is 35.4 Å². The van der Waals surface area contributed by atoms with Gasteiger partial charge in [-0.05, 0) is 44.9 Å². The Bertz CT molecular complexity index is 666. The summed E-state index contributed by atoms with van der Waals surface area (Å²) in [7, 11) is -7.22. The van der Waals surface area contributed by atoms with Gasteiger partial charge in [0.05, 0.1) is 26.4 Å². The molecule has 162 valence electrons. The average Bonchev–Trinajstić information content (AvgIpc) is 2.62. The SMILES string of the molecule is CCOP(=O)(OCC)C(Br)(Br)c1cccc(C(Br)(Br)P(=O)(OCC)OCC)c1. The molecule has 1 rings (SSSR count). The van der Waals surface area contributed by atoms with E-state index in [0.717, 1.165) is 0 Å². The fraction of sp³-hybridized carbons (Fsp3) is 0.625. The first-order valence-electron chi connectivity index (χ1n) is 8.60. The van der Waals surface area contributed by atoms with E-state index in [1.807, 2.05) is 0 Å². The van der Waals surface area contributed by atoms with Crippen LogP contribution in [0.25, 0.3) is 0 Å².